The number of para-hydroxylation sites is 1. The van der Waals surface area contributed by atoms with Gasteiger partial charge in [-0.05, 0) is 45.5 Å². The summed E-state index contributed by atoms with van der Waals surface area (Å²) >= 11 is 0. The number of imidazole rings is 1. The monoisotopic (exact) mass is 316 g/mol. The number of nitrogens with two attached hydrogens (primary N) is 1. The van der Waals surface area contributed by atoms with Gasteiger partial charge in [0, 0.05) is 24.7 Å². The van der Waals surface area contributed by atoms with Crippen molar-refractivity contribution in [2.75, 3.05) is 19.7 Å². The molecule has 2 rings (SSSR count). The van der Waals surface area contributed by atoms with E-state index in [9.17, 15) is 0 Å². The van der Waals surface area contributed by atoms with E-state index in [4.69, 9.17) is 10.5 Å². The van der Waals surface area contributed by atoms with Crippen molar-refractivity contribution in [3.8, 4) is 5.75 Å². The molecule has 1 aromatic heterocycles. The van der Waals surface area contributed by atoms with Crippen molar-refractivity contribution in [1.82, 2.24) is 14.9 Å². The lowest BCUT2D eigenvalue weighted by atomic mass is 10.1. The number of nitrogens with one attached hydrogen (secondary N) is 1. The van der Waals surface area contributed by atoms with Gasteiger partial charge in [-0.25, -0.2) is 4.98 Å². The van der Waals surface area contributed by atoms with Crippen LogP contribution in [0.25, 0.3) is 0 Å². The van der Waals surface area contributed by atoms with Crippen LogP contribution in [0.2, 0.25) is 0 Å². The molecule has 0 spiro atoms. The van der Waals surface area contributed by atoms with E-state index in [-0.39, 0.29) is 5.54 Å². The third kappa shape index (κ3) is 6.42. The Morgan fingerprint density at radius 2 is 2.04 bits per heavy atom. The van der Waals surface area contributed by atoms with Crippen LogP contribution in [0.5, 0.6) is 5.75 Å². The van der Waals surface area contributed by atoms with Crippen LogP contribution in [0, 0.1) is 0 Å². The van der Waals surface area contributed by atoms with Gasteiger partial charge in [0.05, 0.1) is 12.0 Å². The molecule has 0 saturated carbocycles. The van der Waals surface area contributed by atoms with Gasteiger partial charge in [0.2, 0.25) is 0 Å². The van der Waals surface area contributed by atoms with Crippen molar-refractivity contribution in [3.63, 3.8) is 0 Å². The summed E-state index contributed by atoms with van der Waals surface area (Å²) in [5.41, 5.74) is 6.55. The Morgan fingerprint density at radius 1 is 1.26 bits per heavy atom. The Labute approximate surface area is 138 Å². The standard InChI is InChI=1S/C18H28N4O/c1-18(2,14-23-17-7-4-3-5-8-17)21-11-6-12-22-13-16(9-10-19)20-15-22/h3-5,7-8,13,15,21H,6,9-12,14,19H2,1-2H3. The summed E-state index contributed by atoms with van der Waals surface area (Å²) in [7, 11) is 0. The Hall–Kier alpha value is -1.85. The molecule has 23 heavy (non-hydrogen) atoms. The highest BCUT2D eigenvalue weighted by Gasteiger charge is 2.17. The van der Waals surface area contributed by atoms with E-state index in [1.165, 1.54) is 0 Å². The number of aryl methyl sites for hydroxylation is 1. The summed E-state index contributed by atoms with van der Waals surface area (Å²) in [5.74, 6) is 0.910. The van der Waals surface area contributed by atoms with Crippen molar-refractivity contribution in [3.05, 3.63) is 48.5 Å². The first kappa shape index (κ1) is 17.5. The molecule has 126 valence electrons. The summed E-state index contributed by atoms with van der Waals surface area (Å²) in [6, 6.07) is 9.92. The number of hydrogen-bond donors (Lipinski definition) is 2. The van der Waals surface area contributed by atoms with Crippen molar-refractivity contribution >= 4 is 0 Å². The third-order valence-electron chi connectivity index (χ3n) is 3.63. The van der Waals surface area contributed by atoms with Crippen LogP contribution < -0.4 is 15.8 Å². The summed E-state index contributed by atoms with van der Waals surface area (Å²) in [4.78, 5) is 4.34. The fourth-order valence-corrected chi connectivity index (χ4v) is 2.33. The lowest BCUT2D eigenvalue weighted by Gasteiger charge is -2.26. The third-order valence-corrected chi connectivity index (χ3v) is 3.63. The summed E-state index contributed by atoms with van der Waals surface area (Å²) in [5, 5.41) is 3.55. The number of nitrogens with zero attached hydrogens (tertiary/aromatic N) is 2. The first-order chi connectivity index (χ1) is 11.1. The maximum Gasteiger partial charge on any atom is 0.119 e. The zero-order chi connectivity index (χ0) is 16.5. The van der Waals surface area contributed by atoms with Crippen LogP contribution in [0.3, 0.4) is 0 Å². The highest BCUT2D eigenvalue weighted by atomic mass is 16.5. The minimum absolute atomic E-state index is 0.0600. The average Bonchev–Trinajstić information content (AvgIpc) is 2.99. The Morgan fingerprint density at radius 3 is 2.78 bits per heavy atom. The van der Waals surface area contributed by atoms with Crippen LogP contribution in [-0.4, -0.2) is 34.8 Å². The molecule has 3 N–H and O–H groups in total. The lowest BCUT2D eigenvalue weighted by Crippen LogP contribution is -2.45. The summed E-state index contributed by atoms with van der Waals surface area (Å²) in [6.45, 7) is 7.51. The molecule has 0 aliphatic carbocycles. The second kappa shape index (κ2) is 8.70. The lowest BCUT2D eigenvalue weighted by molar-refractivity contribution is 0.207. The SMILES string of the molecule is CC(C)(COc1ccccc1)NCCCn1cnc(CCN)c1. The molecule has 1 aromatic carbocycles. The fourth-order valence-electron chi connectivity index (χ4n) is 2.33. The van der Waals surface area contributed by atoms with E-state index >= 15 is 0 Å². The van der Waals surface area contributed by atoms with Gasteiger partial charge in [-0.3, -0.25) is 0 Å². The zero-order valence-corrected chi connectivity index (χ0v) is 14.2. The van der Waals surface area contributed by atoms with E-state index in [0.717, 1.165) is 37.4 Å². The Balaban J connectivity index is 1.65. The van der Waals surface area contributed by atoms with Gasteiger partial charge in [-0.1, -0.05) is 18.2 Å². The van der Waals surface area contributed by atoms with Crippen LogP contribution in [0.15, 0.2) is 42.9 Å². The highest BCUT2D eigenvalue weighted by Crippen LogP contribution is 2.12. The molecule has 0 unspecified atom stereocenters. The minimum atomic E-state index is -0.0600. The minimum Gasteiger partial charge on any atom is -0.492 e. The smallest absolute Gasteiger partial charge is 0.119 e. The molecule has 0 fully saturated rings. The fraction of sp³-hybridized carbons (Fsp3) is 0.500. The first-order valence-corrected chi connectivity index (χ1v) is 8.23. The van der Waals surface area contributed by atoms with Gasteiger partial charge in [-0.15, -0.1) is 0 Å². The quantitative estimate of drug-likeness (QED) is 0.660. The van der Waals surface area contributed by atoms with E-state index in [0.29, 0.717) is 13.2 Å². The van der Waals surface area contributed by atoms with Gasteiger partial charge >= 0.3 is 0 Å². The van der Waals surface area contributed by atoms with Crippen LogP contribution >= 0.6 is 0 Å². The molecule has 0 aliphatic heterocycles. The average molecular weight is 316 g/mol. The first-order valence-electron chi connectivity index (χ1n) is 8.23. The van der Waals surface area contributed by atoms with Gasteiger partial charge in [0.15, 0.2) is 0 Å². The summed E-state index contributed by atoms with van der Waals surface area (Å²) < 4.78 is 7.95. The summed E-state index contributed by atoms with van der Waals surface area (Å²) in [6.07, 6.45) is 5.85. The van der Waals surface area contributed by atoms with Gasteiger partial charge < -0.3 is 20.4 Å². The van der Waals surface area contributed by atoms with E-state index in [1.807, 2.05) is 36.7 Å². The van der Waals surface area contributed by atoms with Crippen LogP contribution in [0.4, 0.5) is 0 Å². The predicted octanol–water partition coefficient (Wildman–Crippen LogP) is 2.22. The van der Waals surface area contributed by atoms with Crippen molar-refractivity contribution in [2.45, 2.75) is 38.8 Å². The van der Waals surface area contributed by atoms with E-state index in [2.05, 4.69) is 34.9 Å². The molecule has 1 heterocycles. The normalized spacial score (nSPS) is 11.6. The predicted molar refractivity (Wildman–Crippen MR) is 93.6 cm³/mol. The van der Waals surface area contributed by atoms with Crippen molar-refractivity contribution < 1.29 is 4.74 Å². The number of hydrogen-bond acceptors (Lipinski definition) is 4. The molecular formula is C18H28N4O. The molecule has 0 radical (unpaired) electrons. The second-order valence-electron chi connectivity index (χ2n) is 6.41. The van der Waals surface area contributed by atoms with Crippen LogP contribution in [-0.2, 0) is 13.0 Å². The molecule has 5 heteroatoms. The Kier molecular flexibility index (Phi) is 6.62. The largest absolute Gasteiger partial charge is 0.492 e. The topological polar surface area (TPSA) is 65.1 Å². The van der Waals surface area contributed by atoms with Gasteiger partial charge in [0.25, 0.3) is 0 Å². The number of aromatic nitrogens is 2. The molecule has 0 saturated heterocycles. The number of rotatable bonds is 10. The van der Waals surface area contributed by atoms with Gasteiger partial charge in [0.1, 0.15) is 12.4 Å². The van der Waals surface area contributed by atoms with E-state index < -0.39 is 0 Å². The second-order valence-corrected chi connectivity index (χ2v) is 6.41. The molecule has 0 atom stereocenters. The zero-order valence-electron chi connectivity index (χ0n) is 14.2. The molecular weight excluding hydrogens is 288 g/mol. The maximum absolute atomic E-state index is 5.83. The highest BCUT2D eigenvalue weighted by molar-refractivity contribution is 5.21. The molecule has 0 aliphatic rings. The van der Waals surface area contributed by atoms with Gasteiger partial charge in [-0.2, -0.15) is 0 Å². The van der Waals surface area contributed by atoms with E-state index in [1.54, 1.807) is 0 Å². The molecule has 0 bridgehead atoms. The number of benzene rings is 1. The number of ether oxygens (including phenoxy) is 1. The van der Waals surface area contributed by atoms with Crippen LogP contribution in [0.1, 0.15) is 26.0 Å². The molecule has 2 aromatic rings. The Bertz CT molecular complexity index is 565. The molecule has 5 nitrogen and oxygen atoms in total. The van der Waals surface area contributed by atoms with Crippen molar-refractivity contribution in [1.29, 1.82) is 0 Å². The van der Waals surface area contributed by atoms with Crippen molar-refractivity contribution in [2.24, 2.45) is 5.73 Å². The molecule has 0 amide bonds. The maximum atomic E-state index is 5.83.